The van der Waals surface area contributed by atoms with Gasteiger partial charge in [0.25, 0.3) is 0 Å². The number of nitrogens with two attached hydrogens (primary N) is 1. The largest absolute Gasteiger partial charge is 0.327 e. The summed E-state index contributed by atoms with van der Waals surface area (Å²) in [6.07, 6.45) is 3.15. The van der Waals surface area contributed by atoms with Crippen LogP contribution in [0.4, 0.5) is 8.78 Å². The third kappa shape index (κ3) is 4.51. The highest BCUT2D eigenvalue weighted by atomic mass is 19.2. The molecule has 0 spiro atoms. The molecule has 1 aromatic heterocycles. The lowest BCUT2D eigenvalue weighted by molar-refractivity contribution is -0.138. The summed E-state index contributed by atoms with van der Waals surface area (Å²) in [6, 6.07) is 13.8. The lowest BCUT2D eigenvalue weighted by Crippen LogP contribution is -2.53. The maximum Gasteiger partial charge on any atom is 0.224 e. The van der Waals surface area contributed by atoms with Crippen molar-refractivity contribution < 1.29 is 13.6 Å². The van der Waals surface area contributed by atoms with E-state index in [0.717, 1.165) is 17.3 Å². The van der Waals surface area contributed by atoms with Gasteiger partial charge in [0.05, 0.1) is 6.04 Å². The molecular weight excluding hydrogens is 398 g/mol. The summed E-state index contributed by atoms with van der Waals surface area (Å²) in [5, 5.41) is 0. The molecule has 7 heteroatoms. The molecule has 1 aliphatic heterocycles. The first-order chi connectivity index (χ1) is 14.9. The average Bonchev–Trinajstić information content (AvgIpc) is 3.12. The van der Waals surface area contributed by atoms with Crippen molar-refractivity contribution in [3.8, 4) is 0 Å². The van der Waals surface area contributed by atoms with E-state index in [-0.39, 0.29) is 18.4 Å². The summed E-state index contributed by atoms with van der Waals surface area (Å²) in [4.78, 5) is 19.4. The Morgan fingerprint density at radius 2 is 1.90 bits per heavy atom. The lowest BCUT2D eigenvalue weighted by atomic mass is 10.0. The number of aryl methyl sites for hydroxylation is 2. The van der Waals surface area contributed by atoms with Crippen LogP contribution in [0.1, 0.15) is 41.7 Å². The number of carbonyl (C=O) groups excluding carboxylic acids is 1. The van der Waals surface area contributed by atoms with Gasteiger partial charge in [-0.2, -0.15) is 0 Å². The number of halogens is 2. The van der Waals surface area contributed by atoms with E-state index in [1.807, 2.05) is 37.3 Å². The Hall–Kier alpha value is -3.06. The van der Waals surface area contributed by atoms with Gasteiger partial charge in [-0.25, -0.2) is 13.8 Å². The molecular formula is C24H26F2N4O. The van der Waals surface area contributed by atoms with E-state index in [9.17, 15) is 13.6 Å². The van der Waals surface area contributed by atoms with Gasteiger partial charge in [-0.05, 0) is 49.4 Å². The summed E-state index contributed by atoms with van der Waals surface area (Å²) in [5.74, 6) is -1.10. The van der Waals surface area contributed by atoms with Crippen LogP contribution in [0.3, 0.4) is 0 Å². The van der Waals surface area contributed by atoms with E-state index >= 15 is 0 Å². The van der Waals surface area contributed by atoms with Crippen molar-refractivity contribution >= 4 is 5.91 Å². The van der Waals surface area contributed by atoms with Gasteiger partial charge in [-0.15, -0.1) is 0 Å². The van der Waals surface area contributed by atoms with Gasteiger partial charge in [0.2, 0.25) is 5.91 Å². The second kappa shape index (κ2) is 8.98. The summed E-state index contributed by atoms with van der Waals surface area (Å²) in [7, 11) is 0. The first kappa shape index (κ1) is 21.2. The van der Waals surface area contributed by atoms with Crippen molar-refractivity contribution in [3.05, 3.63) is 89.0 Å². The Bertz CT molecular complexity index is 1070. The van der Waals surface area contributed by atoms with Crippen molar-refractivity contribution in [1.82, 2.24) is 14.5 Å². The Morgan fingerprint density at radius 1 is 1.13 bits per heavy atom. The van der Waals surface area contributed by atoms with Gasteiger partial charge >= 0.3 is 0 Å². The zero-order valence-electron chi connectivity index (χ0n) is 17.5. The van der Waals surface area contributed by atoms with E-state index in [2.05, 4.69) is 9.55 Å². The summed E-state index contributed by atoms with van der Waals surface area (Å²) >= 11 is 0. The summed E-state index contributed by atoms with van der Waals surface area (Å²) < 4.78 is 28.6. The van der Waals surface area contributed by atoms with Gasteiger partial charge in [0.15, 0.2) is 11.6 Å². The highest BCUT2D eigenvalue weighted by molar-refractivity contribution is 5.77. The SMILES string of the molecule is Cc1cnc2n1CC(Cc1ccccc1)N(C(=O)CCCc1ccc(F)c(F)c1)[C@H]2N. The zero-order chi connectivity index (χ0) is 22.0. The van der Waals surface area contributed by atoms with Gasteiger partial charge in [0.1, 0.15) is 12.0 Å². The fourth-order valence-electron chi connectivity index (χ4n) is 4.28. The predicted octanol–water partition coefficient (Wildman–Crippen LogP) is 3.90. The molecule has 0 aliphatic carbocycles. The molecule has 162 valence electrons. The number of nitrogens with zero attached hydrogens (tertiary/aromatic N) is 3. The second-order valence-electron chi connectivity index (χ2n) is 8.06. The second-order valence-corrected chi connectivity index (χ2v) is 8.06. The molecule has 1 unspecified atom stereocenters. The van der Waals surface area contributed by atoms with E-state index in [1.54, 1.807) is 17.2 Å². The van der Waals surface area contributed by atoms with Crippen molar-refractivity contribution in [1.29, 1.82) is 0 Å². The molecule has 3 aromatic rings. The fourth-order valence-corrected chi connectivity index (χ4v) is 4.28. The molecule has 0 saturated heterocycles. The average molecular weight is 424 g/mol. The van der Waals surface area contributed by atoms with Crippen LogP contribution in [0, 0.1) is 18.6 Å². The minimum atomic E-state index is -0.869. The minimum absolute atomic E-state index is 0.0529. The van der Waals surface area contributed by atoms with Crippen LogP contribution >= 0.6 is 0 Å². The minimum Gasteiger partial charge on any atom is -0.327 e. The Morgan fingerprint density at radius 3 is 2.65 bits per heavy atom. The Balaban J connectivity index is 1.49. The normalized spacial score (nSPS) is 18.1. The molecule has 1 amide bonds. The molecule has 5 nitrogen and oxygen atoms in total. The van der Waals surface area contributed by atoms with E-state index in [0.29, 0.717) is 37.2 Å². The van der Waals surface area contributed by atoms with Crippen LogP contribution in [-0.2, 0) is 24.2 Å². The third-order valence-electron chi connectivity index (χ3n) is 5.88. The number of hydrogen-bond donors (Lipinski definition) is 1. The Labute approximate surface area is 180 Å². The fraction of sp³-hybridized carbons (Fsp3) is 0.333. The molecule has 0 radical (unpaired) electrons. The molecule has 2 N–H and O–H groups in total. The molecule has 0 saturated carbocycles. The standard InChI is InChI=1S/C24H26F2N4O/c1-16-14-28-24-23(27)30(19(15-29(16)24)12-17-6-3-2-4-7-17)22(31)9-5-8-18-10-11-20(25)21(26)13-18/h2-4,6-7,10-11,13-14,19,23H,5,8-9,12,15,27H2,1H3/t19?,23-/m1/s1. The maximum absolute atomic E-state index is 13.4. The maximum atomic E-state index is 13.4. The van der Waals surface area contributed by atoms with Crippen molar-refractivity contribution in [2.45, 2.75) is 51.4 Å². The van der Waals surface area contributed by atoms with Crippen molar-refractivity contribution in [2.75, 3.05) is 0 Å². The number of hydrogen-bond acceptors (Lipinski definition) is 3. The van der Waals surface area contributed by atoms with E-state index < -0.39 is 17.8 Å². The molecule has 2 atom stereocenters. The molecule has 4 rings (SSSR count). The number of fused-ring (bicyclic) bond motifs is 1. The first-order valence-electron chi connectivity index (χ1n) is 10.5. The number of benzene rings is 2. The summed E-state index contributed by atoms with van der Waals surface area (Å²) in [6.45, 7) is 2.63. The Kier molecular flexibility index (Phi) is 6.13. The van der Waals surface area contributed by atoms with E-state index in [1.165, 1.54) is 6.07 Å². The lowest BCUT2D eigenvalue weighted by Gasteiger charge is -2.41. The van der Waals surface area contributed by atoms with E-state index in [4.69, 9.17) is 5.73 Å². The first-order valence-corrected chi connectivity index (χ1v) is 10.5. The van der Waals surface area contributed by atoms with Crippen molar-refractivity contribution in [2.24, 2.45) is 5.73 Å². The molecule has 2 aromatic carbocycles. The number of carbonyl (C=O) groups is 1. The molecule has 0 fully saturated rings. The van der Waals surface area contributed by atoms with Crippen LogP contribution in [0.25, 0.3) is 0 Å². The number of imidazole rings is 1. The zero-order valence-corrected chi connectivity index (χ0v) is 17.5. The van der Waals surface area contributed by atoms with Gasteiger partial charge in [-0.1, -0.05) is 36.4 Å². The number of rotatable bonds is 6. The smallest absolute Gasteiger partial charge is 0.224 e. The molecule has 1 aliphatic rings. The monoisotopic (exact) mass is 424 g/mol. The quantitative estimate of drug-likeness (QED) is 0.653. The van der Waals surface area contributed by atoms with Crippen LogP contribution < -0.4 is 5.73 Å². The summed E-state index contributed by atoms with van der Waals surface area (Å²) in [5.41, 5.74) is 9.33. The van der Waals surface area contributed by atoms with Crippen LogP contribution in [0.15, 0.2) is 54.7 Å². The van der Waals surface area contributed by atoms with Crippen LogP contribution in [0.2, 0.25) is 0 Å². The topological polar surface area (TPSA) is 64.2 Å². The molecule has 0 bridgehead atoms. The van der Waals surface area contributed by atoms with Gasteiger partial charge < -0.3 is 15.2 Å². The molecule has 2 heterocycles. The predicted molar refractivity (Wildman–Crippen MR) is 114 cm³/mol. The number of aromatic nitrogens is 2. The highest BCUT2D eigenvalue weighted by Gasteiger charge is 2.36. The van der Waals surface area contributed by atoms with Crippen LogP contribution in [-0.4, -0.2) is 26.4 Å². The van der Waals surface area contributed by atoms with Crippen molar-refractivity contribution in [3.63, 3.8) is 0 Å². The highest BCUT2D eigenvalue weighted by Crippen LogP contribution is 2.29. The van der Waals surface area contributed by atoms with Gasteiger partial charge in [0, 0.05) is 24.9 Å². The number of amides is 1. The van der Waals surface area contributed by atoms with Crippen LogP contribution in [0.5, 0.6) is 0 Å². The molecule has 31 heavy (non-hydrogen) atoms. The third-order valence-corrected chi connectivity index (χ3v) is 5.88. The van der Waals surface area contributed by atoms with Gasteiger partial charge in [-0.3, -0.25) is 4.79 Å².